The van der Waals surface area contributed by atoms with E-state index in [2.05, 4.69) is 22.6 Å². The third-order valence-electron chi connectivity index (χ3n) is 5.77. The van der Waals surface area contributed by atoms with Crippen molar-refractivity contribution in [3.05, 3.63) is 56.9 Å². The number of amides is 1. The molecule has 5 nitrogen and oxygen atoms in total. The van der Waals surface area contributed by atoms with Crippen molar-refractivity contribution in [1.29, 1.82) is 0 Å². The largest absolute Gasteiger partial charge is 0.491 e. The smallest absolute Gasteiger partial charge is 0.410 e. The van der Waals surface area contributed by atoms with E-state index in [-0.39, 0.29) is 11.9 Å². The maximum atomic E-state index is 15.3. The van der Waals surface area contributed by atoms with Crippen LogP contribution in [0.2, 0.25) is 0 Å². The highest BCUT2D eigenvalue weighted by atomic mass is 127. The van der Waals surface area contributed by atoms with Gasteiger partial charge in [0.25, 0.3) is 0 Å². The Hall–Kier alpha value is -2.03. The standard InChI is InChI=1S/C24H27FINO4/c1-23(2,3)31-22(28)27-11-9-24(10-12-27)15-30-21-19(24)17(25)13-18(20(21)26)29-14-16-7-5-4-6-8-16/h4-8,13H,9-12,14-15H2,1-3H3. The predicted octanol–water partition coefficient (Wildman–Crippen LogP) is 5.67. The number of piperidine rings is 1. The third kappa shape index (κ3) is 4.61. The van der Waals surface area contributed by atoms with E-state index in [1.165, 1.54) is 6.07 Å². The quantitative estimate of drug-likeness (QED) is 0.472. The molecule has 1 spiro atoms. The molecule has 2 heterocycles. The Morgan fingerprint density at radius 2 is 1.90 bits per heavy atom. The van der Waals surface area contributed by atoms with Crippen LogP contribution in [0.1, 0.15) is 44.7 Å². The number of fused-ring (bicyclic) bond motifs is 2. The van der Waals surface area contributed by atoms with Crippen LogP contribution in [-0.4, -0.2) is 36.3 Å². The lowest BCUT2D eigenvalue weighted by Gasteiger charge is -2.39. The second-order valence-corrected chi connectivity index (χ2v) is 10.3. The minimum absolute atomic E-state index is 0.304. The summed E-state index contributed by atoms with van der Waals surface area (Å²) < 4.78 is 33.5. The summed E-state index contributed by atoms with van der Waals surface area (Å²) in [6, 6.07) is 11.3. The number of rotatable bonds is 3. The highest BCUT2D eigenvalue weighted by molar-refractivity contribution is 14.1. The molecule has 0 atom stereocenters. The normalized spacial score (nSPS) is 17.3. The zero-order chi connectivity index (χ0) is 22.2. The lowest BCUT2D eigenvalue weighted by molar-refractivity contribution is 0.0151. The minimum atomic E-state index is -0.534. The molecular formula is C24H27FINO4. The van der Waals surface area contributed by atoms with Crippen molar-refractivity contribution in [2.24, 2.45) is 0 Å². The van der Waals surface area contributed by atoms with Crippen molar-refractivity contribution >= 4 is 28.7 Å². The van der Waals surface area contributed by atoms with Gasteiger partial charge in [0.15, 0.2) is 0 Å². The summed E-state index contributed by atoms with van der Waals surface area (Å²) in [5.74, 6) is 0.764. The summed E-state index contributed by atoms with van der Waals surface area (Å²) in [6.07, 6.45) is 0.952. The van der Waals surface area contributed by atoms with E-state index in [0.717, 1.165) is 9.13 Å². The van der Waals surface area contributed by atoms with Crippen LogP contribution in [-0.2, 0) is 16.8 Å². The number of ether oxygens (including phenoxy) is 3. The number of hydrogen-bond acceptors (Lipinski definition) is 4. The van der Waals surface area contributed by atoms with Crippen LogP contribution >= 0.6 is 22.6 Å². The molecule has 0 aliphatic carbocycles. The van der Waals surface area contributed by atoms with Crippen LogP contribution in [0, 0.1) is 9.39 Å². The lowest BCUT2D eigenvalue weighted by Crippen LogP contribution is -2.47. The Kier molecular flexibility index (Phi) is 6.07. The SMILES string of the molecule is CC(C)(C)OC(=O)N1CCC2(CC1)COc1c(I)c(OCc3ccccc3)cc(F)c12. The van der Waals surface area contributed by atoms with Gasteiger partial charge in [-0.2, -0.15) is 0 Å². The van der Waals surface area contributed by atoms with Crippen LogP contribution in [0.3, 0.4) is 0 Å². The molecule has 0 bridgehead atoms. The Bertz CT molecular complexity index is 966. The number of carbonyl (C=O) groups excluding carboxylic acids is 1. The van der Waals surface area contributed by atoms with Gasteiger partial charge in [0.2, 0.25) is 0 Å². The molecular weight excluding hydrogens is 512 g/mol. The fourth-order valence-electron chi connectivity index (χ4n) is 4.17. The summed E-state index contributed by atoms with van der Waals surface area (Å²) in [7, 11) is 0. The van der Waals surface area contributed by atoms with Crippen LogP contribution in [0.5, 0.6) is 11.5 Å². The second kappa shape index (κ2) is 8.48. The van der Waals surface area contributed by atoms with E-state index in [9.17, 15) is 4.79 Å². The van der Waals surface area contributed by atoms with E-state index in [1.807, 2.05) is 51.1 Å². The van der Waals surface area contributed by atoms with Crippen molar-refractivity contribution in [2.45, 2.75) is 51.2 Å². The summed E-state index contributed by atoms with van der Waals surface area (Å²) in [6.45, 7) is 7.37. The maximum absolute atomic E-state index is 15.3. The fourth-order valence-corrected chi connectivity index (χ4v) is 4.91. The van der Waals surface area contributed by atoms with Crippen LogP contribution < -0.4 is 9.47 Å². The Morgan fingerprint density at radius 3 is 2.55 bits per heavy atom. The first kappa shape index (κ1) is 22.2. The molecule has 7 heteroatoms. The van der Waals surface area contributed by atoms with Crippen LogP contribution in [0.15, 0.2) is 36.4 Å². The summed E-state index contributed by atoms with van der Waals surface area (Å²) in [5.41, 5.74) is 0.683. The molecule has 0 radical (unpaired) electrons. The van der Waals surface area contributed by atoms with Crippen molar-refractivity contribution in [3.8, 4) is 11.5 Å². The molecule has 2 aliphatic heterocycles. The van der Waals surface area contributed by atoms with Gasteiger partial charge in [-0.05, 0) is 61.8 Å². The molecule has 1 saturated heterocycles. The van der Waals surface area contributed by atoms with E-state index < -0.39 is 11.0 Å². The number of carbonyl (C=O) groups is 1. The van der Waals surface area contributed by atoms with Gasteiger partial charge in [0.1, 0.15) is 29.5 Å². The molecule has 2 aliphatic rings. The number of likely N-dealkylation sites (tertiary alicyclic amines) is 1. The van der Waals surface area contributed by atoms with Gasteiger partial charge in [0.05, 0.1) is 10.2 Å². The highest BCUT2D eigenvalue weighted by Crippen LogP contribution is 2.51. The molecule has 4 rings (SSSR count). The Balaban J connectivity index is 1.50. The molecule has 0 N–H and O–H groups in total. The Morgan fingerprint density at radius 1 is 1.23 bits per heavy atom. The van der Waals surface area contributed by atoms with Gasteiger partial charge in [0, 0.05) is 30.1 Å². The van der Waals surface area contributed by atoms with Crippen molar-refractivity contribution in [1.82, 2.24) is 4.90 Å². The average molecular weight is 539 g/mol. The third-order valence-corrected chi connectivity index (χ3v) is 6.79. The minimum Gasteiger partial charge on any atom is -0.491 e. The first-order chi connectivity index (χ1) is 14.7. The van der Waals surface area contributed by atoms with Gasteiger partial charge >= 0.3 is 6.09 Å². The summed E-state index contributed by atoms with van der Waals surface area (Å²) in [5, 5.41) is 0. The van der Waals surface area contributed by atoms with E-state index in [1.54, 1.807) is 4.90 Å². The number of halogens is 2. The molecule has 1 fully saturated rings. The number of benzene rings is 2. The fraction of sp³-hybridized carbons (Fsp3) is 0.458. The lowest BCUT2D eigenvalue weighted by atomic mass is 9.74. The highest BCUT2D eigenvalue weighted by Gasteiger charge is 2.47. The zero-order valence-corrected chi connectivity index (χ0v) is 20.2. The molecule has 1 amide bonds. The topological polar surface area (TPSA) is 48.0 Å². The van der Waals surface area contributed by atoms with Gasteiger partial charge < -0.3 is 19.1 Å². The molecule has 2 aromatic rings. The summed E-state index contributed by atoms with van der Waals surface area (Å²) >= 11 is 2.17. The molecule has 166 valence electrons. The van der Waals surface area contributed by atoms with E-state index >= 15 is 4.39 Å². The van der Waals surface area contributed by atoms with Crippen molar-refractivity contribution in [3.63, 3.8) is 0 Å². The van der Waals surface area contributed by atoms with Crippen LogP contribution in [0.4, 0.5) is 9.18 Å². The van der Waals surface area contributed by atoms with Crippen molar-refractivity contribution < 1.29 is 23.4 Å². The molecule has 0 aromatic heterocycles. The van der Waals surface area contributed by atoms with Gasteiger partial charge in [-0.15, -0.1) is 0 Å². The molecule has 31 heavy (non-hydrogen) atoms. The predicted molar refractivity (Wildman–Crippen MR) is 124 cm³/mol. The zero-order valence-electron chi connectivity index (χ0n) is 18.0. The monoisotopic (exact) mass is 539 g/mol. The summed E-state index contributed by atoms with van der Waals surface area (Å²) in [4.78, 5) is 14.1. The molecule has 2 aromatic carbocycles. The second-order valence-electron chi connectivity index (χ2n) is 9.19. The van der Waals surface area contributed by atoms with E-state index in [0.29, 0.717) is 56.2 Å². The first-order valence-corrected chi connectivity index (χ1v) is 11.6. The van der Waals surface area contributed by atoms with Crippen molar-refractivity contribution in [2.75, 3.05) is 19.7 Å². The number of hydrogen-bond donors (Lipinski definition) is 0. The van der Waals surface area contributed by atoms with Gasteiger partial charge in [-0.25, -0.2) is 9.18 Å². The Labute approximate surface area is 196 Å². The maximum Gasteiger partial charge on any atom is 0.410 e. The van der Waals surface area contributed by atoms with E-state index in [4.69, 9.17) is 14.2 Å². The molecule has 0 saturated carbocycles. The average Bonchev–Trinajstić information content (AvgIpc) is 3.09. The van der Waals surface area contributed by atoms with Gasteiger partial charge in [-0.3, -0.25) is 0 Å². The first-order valence-electron chi connectivity index (χ1n) is 10.5. The molecule has 0 unspecified atom stereocenters. The van der Waals surface area contributed by atoms with Gasteiger partial charge in [-0.1, -0.05) is 30.3 Å². The van der Waals surface area contributed by atoms with Crippen LogP contribution in [0.25, 0.3) is 0 Å². The number of nitrogens with zero attached hydrogens (tertiary/aromatic N) is 1.